The Morgan fingerprint density at radius 1 is 1.54 bits per heavy atom. The lowest BCUT2D eigenvalue weighted by Crippen LogP contribution is -2.30. The zero-order valence-corrected chi connectivity index (χ0v) is 8.68. The molecule has 0 aliphatic heterocycles. The zero-order chi connectivity index (χ0) is 9.73. The van der Waals surface area contributed by atoms with Crippen LogP contribution in [0.3, 0.4) is 0 Å². The van der Waals surface area contributed by atoms with Gasteiger partial charge in [0, 0.05) is 26.8 Å². The molecular formula is C10H21NO2. The monoisotopic (exact) mass is 187 g/mol. The Hall–Kier alpha value is -0.120. The fourth-order valence-electron chi connectivity index (χ4n) is 1.56. The Labute approximate surface area is 80.5 Å². The zero-order valence-electron chi connectivity index (χ0n) is 8.68. The molecule has 0 aromatic rings. The minimum atomic E-state index is -0.238. The minimum Gasteiger partial charge on any atom is -0.392 e. The molecule has 2 N–H and O–H groups in total. The highest BCUT2D eigenvalue weighted by Crippen LogP contribution is 2.48. The van der Waals surface area contributed by atoms with Crippen molar-refractivity contribution in [2.75, 3.05) is 26.8 Å². The fourth-order valence-corrected chi connectivity index (χ4v) is 1.56. The molecule has 0 aromatic carbocycles. The van der Waals surface area contributed by atoms with Crippen LogP contribution in [-0.2, 0) is 4.74 Å². The van der Waals surface area contributed by atoms with Crippen molar-refractivity contribution in [1.29, 1.82) is 0 Å². The van der Waals surface area contributed by atoms with E-state index >= 15 is 0 Å². The van der Waals surface area contributed by atoms with Crippen molar-refractivity contribution in [2.45, 2.75) is 32.3 Å². The van der Waals surface area contributed by atoms with E-state index in [9.17, 15) is 0 Å². The van der Waals surface area contributed by atoms with Crippen LogP contribution in [0.25, 0.3) is 0 Å². The smallest absolute Gasteiger partial charge is 0.0636 e. The molecule has 1 fully saturated rings. The molecule has 3 nitrogen and oxygen atoms in total. The van der Waals surface area contributed by atoms with E-state index in [1.54, 1.807) is 7.11 Å². The highest BCUT2D eigenvalue weighted by Gasteiger charge is 2.41. The summed E-state index contributed by atoms with van der Waals surface area (Å²) in [5, 5.41) is 12.3. The van der Waals surface area contributed by atoms with Gasteiger partial charge in [-0.05, 0) is 31.6 Å². The van der Waals surface area contributed by atoms with Crippen molar-refractivity contribution in [3.8, 4) is 0 Å². The quantitative estimate of drug-likeness (QED) is 0.618. The molecule has 1 saturated carbocycles. The maximum absolute atomic E-state index is 9.06. The first kappa shape index (κ1) is 11.0. The van der Waals surface area contributed by atoms with Gasteiger partial charge in [-0.2, -0.15) is 0 Å². The molecule has 0 amide bonds. The van der Waals surface area contributed by atoms with E-state index in [4.69, 9.17) is 9.84 Å². The van der Waals surface area contributed by atoms with Gasteiger partial charge >= 0.3 is 0 Å². The molecule has 0 bridgehead atoms. The van der Waals surface area contributed by atoms with Crippen molar-refractivity contribution in [1.82, 2.24) is 5.32 Å². The molecule has 0 unspecified atom stereocenters. The van der Waals surface area contributed by atoms with E-state index in [-0.39, 0.29) is 6.10 Å². The van der Waals surface area contributed by atoms with E-state index in [1.807, 2.05) is 6.92 Å². The van der Waals surface area contributed by atoms with Gasteiger partial charge in [0.05, 0.1) is 6.10 Å². The minimum absolute atomic E-state index is 0.238. The predicted octanol–water partition coefficient (Wildman–Crippen LogP) is 0.773. The first-order valence-corrected chi connectivity index (χ1v) is 5.06. The molecule has 1 atom stereocenters. The maximum Gasteiger partial charge on any atom is 0.0636 e. The van der Waals surface area contributed by atoms with E-state index in [1.165, 1.54) is 12.8 Å². The van der Waals surface area contributed by atoms with Crippen LogP contribution in [-0.4, -0.2) is 38.0 Å². The number of hydrogen-bond donors (Lipinski definition) is 2. The van der Waals surface area contributed by atoms with Gasteiger partial charge in [-0.3, -0.25) is 0 Å². The van der Waals surface area contributed by atoms with Crippen LogP contribution in [0, 0.1) is 5.41 Å². The Bertz CT molecular complexity index is 144. The summed E-state index contributed by atoms with van der Waals surface area (Å²) >= 11 is 0. The second-order valence-corrected chi connectivity index (χ2v) is 4.22. The summed E-state index contributed by atoms with van der Waals surface area (Å²) in [6, 6.07) is 0. The fraction of sp³-hybridized carbons (Fsp3) is 1.00. The molecule has 0 heterocycles. The normalized spacial score (nSPS) is 21.5. The lowest BCUT2D eigenvalue weighted by Gasteiger charge is -2.16. The average Bonchev–Trinajstić information content (AvgIpc) is 2.82. The molecule has 78 valence electrons. The average molecular weight is 187 g/mol. The molecule has 1 rings (SSSR count). The third-order valence-electron chi connectivity index (χ3n) is 2.73. The van der Waals surface area contributed by atoms with Crippen LogP contribution in [0.4, 0.5) is 0 Å². The van der Waals surface area contributed by atoms with Crippen molar-refractivity contribution < 1.29 is 9.84 Å². The SMILES string of the molecule is COCCC1(CNC[C@H](C)O)CC1. The molecule has 3 heteroatoms. The van der Waals surface area contributed by atoms with Gasteiger partial charge in [-0.15, -0.1) is 0 Å². The molecule has 0 spiro atoms. The number of aliphatic hydroxyl groups is 1. The molecule has 0 saturated heterocycles. The molecule has 0 radical (unpaired) electrons. The predicted molar refractivity (Wildman–Crippen MR) is 52.7 cm³/mol. The van der Waals surface area contributed by atoms with Crippen molar-refractivity contribution >= 4 is 0 Å². The summed E-state index contributed by atoms with van der Waals surface area (Å²) in [6.07, 6.45) is 3.53. The Morgan fingerprint density at radius 3 is 2.69 bits per heavy atom. The molecule has 1 aliphatic rings. The van der Waals surface area contributed by atoms with Crippen LogP contribution < -0.4 is 5.32 Å². The van der Waals surface area contributed by atoms with Gasteiger partial charge in [0.1, 0.15) is 0 Å². The number of methoxy groups -OCH3 is 1. The maximum atomic E-state index is 9.06. The van der Waals surface area contributed by atoms with Crippen LogP contribution in [0.1, 0.15) is 26.2 Å². The number of aliphatic hydroxyl groups excluding tert-OH is 1. The third-order valence-corrected chi connectivity index (χ3v) is 2.73. The number of hydrogen-bond acceptors (Lipinski definition) is 3. The van der Waals surface area contributed by atoms with Crippen LogP contribution in [0.2, 0.25) is 0 Å². The summed E-state index contributed by atoms with van der Waals surface area (Å²) in [4.78, 5) is 0. The van der Waals surface area contributed by atoms with Gasteiger partial charge in [0.25, 0.3) is 0 Å². The number of nitrogens with one attached hydrogen (secondary N) is 1. The van der Waals surface area contributed by atoms with Crippen molar-refractivity contribution in [2.24, 2.45) is 5.41 Å². The molecular weight excluding hydrogens is 166 g/mol. The summed E-state index contributed by atoms with van der Waals surface area (Å²) in [6.45, 7) is 4.40. The van der Waals surface area contributed by atoms with Gasteiger partial charge in [0.15, 0.2) is 0 Å². The Kier molecular flexibility index (Phi) is 4.16. The summed E-state index contributed by atoms with van der Waals surface area (Å²) in [5.41, 5.74) is 0.491. The van der Waals surface area contributed by atoms with Gasteiger partial charge in [0.2, 0.25) is 0 Å². The van der Waals surface area contributed by atoms with Crippen LogP contribution in [0.15, 0.2) is 0 Å². The van der Waals surface area contributed by atoms with E-state index in [0.29, 0.717) is 12.0 Å². The second-order valence-electron chi connectivity index (χ2n) is 4.22. The van der Waals surface area contributed by atoms with Crippen LogP contribution >= 0.6 is 0 Å². The molecule has 13 heavy (non-hydrogen) atoms. The first-order valence-electron chi connectivity index (χ1n) is 5.06. The van der Waals surface area contributed by atoms with E-state index < -0.39 is 0 Å². The standard InChI is InChI=1S/C10H21NO2/c1-9(12)7-11-8-10(3-4-10)5-6-13-2/h9,11-12H,3-8H2,1-2H3/t9-/m0/s1. The number of ether oxygens (including phenoxy) is 1. The Morgan fingerprint density at radius 2 is 2.23 bits per heavy atom. The van der Waals surface area contributed by atoms with Crippen molar-refractivity contribution in [3.05, 3.63) is 0 Å². The largest absolute Gasteiger partial charge is 0.392 e. The van der Waals surface area contributed by atoms with Crippen LogP contribution in [0.5, 0.6) is 0 Å². The van der Waals surface area contributed by atoms with E-state index in [0.717, 1.165) is 19.6 Å². The highest BCUT2D eigenvalue weighted by atomic mass is 16.5. The Balaban J connectivity index is 2.05. The molecule has 0 aromatic heterocycles. The topological polar surface area (TPSA) is 41.5 Å². The highest BCUT2D eigenvalue weighted by molar-refractivity contribution is 4.94. The van der Waals surface area contributed by atoms with Crippen molar-refractivity contribution in [3.63, 3.8) is 0 Å². The first-order chi connectivity index (χ1) is 6.18. The van der Waals surface area contributed by atoms with Gasteiger partial charge < -0.3 is 15.2 Å². The lowest BCUT2D eigenvalue weighted by atomic mass is 10.0. The van der Waals surface area contributed by atoms with Gasteiger partial charge in [-0.1, -0.05) is 0 Å². The van der Waals surface area contributed by atoms with Gasteiger partial charge in [-0.25, -0.2) is 0 Å². The summed E-state index contributed by atoms with van der Waals surface area (Å²) < 4.78 is 5.07. The number of rotatable bonds is 7. The summed E-state index contributed by atoms with van der Waals surface area (Å²) in [5.74, 6) is 0. The molecule has 1 aliphatic carbocycles. The summed E-state index contributed by atoms with van der Waals surface area (Å²) in [7, 11) is 1.75. The van der Waals surface area contributed by atoms with E-state index in [2.05, 4.69) is 5.32 Å². The lowest BCUT2D eigenvalue weighted by molar-refractivity contribution is 0.164. The third kappa shape index (κ3) is 4.07. The second kappa shape index (κ2) is 4.94.